The molecule has 6 aliphatic heterocycles. The van der Waals surface area contributed by atoms with E-state index in [1.165, 1.54) is 12.8 Å². The second kappa shape index (κ2) is 16.8. The van der Waals surface area contributed by atoms with Crippen molar-refractivity contribution in [2.45, 2.75) is 76.7 Å². The van der Waals surface area contributed by atoms with Gasteiger partial charge in [-0.25, -0.2) is 0 Å². The van der Waals surface area contributed by atoms with E-state index in [1.54, 1.807) is 14.2 Å². The number of allylic oxidation sites excluding steroid dienone is 4. The van der Waals surface area contributed by atoms with Crippen molar-refractivity contribution in [1.82, 2.24) is 19.8 Å². The lowest BCUT2D eigenvalue weighted by atomic mass is 9.71. The van der Waals surface area contributed by atoms with E-state index in [2.05, 4.69) is 35.8 Å². The normalized spacial score (nSPS) is 29.9. The van der Waals surface area contributed by atoms with Crippen molar-refractivity contribution in [2.75, 3.05) is 40.4 Å². The summed E-state index contributed by atoms with van der Waals surface area (Å²) in [5, 5.41) is 1.90. The predicted octanol–water partition coefficient (Wildman–Crippen LogP) is 10.0. The zero-order valence-corrected chi connectivity index (χ0v) is 37.3. The number of piperidine rings is 6. The number of rotatable bonds is 12. The topological polar surface area (TPSA) is 103 Å². The third kappa shape index (κ3) is 6.90. The Morgan fingerprint density at radius 1 is 0.625 bits per heavy atom. The van der Waals surface area contributed by atoms with E-state index < -0.39 is 24.0 Å². The summed E-state index contributed by atoms with van der Waals surface area (Å²) in [5.41, 5.74) is 4.29. The number of carbonyl (C=O) groups is 2. The highest BCUT2D eigenvalue weighted by Gasteiger charge is 2.49. The molecule has 64 heavy (non-hydrogen) atoms. The van der Waals surface area contributed by atoms with Gasteiger partial charge in [0.2, 0.25) is 0 Å². The van der Waals surface area contributed by atoms with Gasteiger partial charge in [0.25, 0.3) is 0 Å². The Morgan fingerprint density at radius 3 is 1.47 bits per heavy atom. The number of pyridine rings is 2. The molecule has 8 heterocycles. The number of ether oxygens (including phenoxy) is 4. The number of hydrogen-bond donors (Lipinski definition) is 0. The highest BCUT2D eigenvalue weighted by molar-refractivity contribution is 6.20. The number of methoxy groups -OCH3 is 2. The van der Waals surface area contributed by atoms with Gasteiger partial charge in [-0.3, -0.25) is 29.4 Å². The molecule has 0 N–H and O–H groups in total. The summed E-state index contributed by atoms with van der Waals surface area (Å²) in [6.45, 7) is 8.61. The van der Waals surface area contributed by atoms with E-state index in [0.29, 0.717) is 46.3 Å². The quantitative estimate of drug-likeness (QED) is 0.121. The fourth-order valence-electron chi connectivity index (χ4n) is 12.6. The van der Waals surface area contributed by atoms with Gasteiger partial charge >= 0.3 is 0 Å². The third-order valence-electron chi connectivity index (χ3n) is 16.1. The van der Waals surface area contributed by atoms with Crippen molar-refractivity contribution < 1.29 is 28.5 Å². The first-order valence-electron chi connectivity index (χ1n) is 23.6. The van der Waals surface area contributed by atoms with Crippen LogP contribution in [0.15, 0.2) is 97.4 Å². The first kappa shape index (κ1) is 41.1. The maximum Gasteiger partial charge on any atom is 0.175 e. The zero-order chi connectivity index (χ0) is 43.6. The summed E-state index contributed by atoms with van der Waals surface area (Å²) in [7, 11) is 3.36. The monoisotopic (exact) mass is 858 g/mol. The van der Waals surface area contributed by atoms with Gasteiger partial charge < -0.3 is 18.9 Å². The maximum absolute atomic E-state index is 15.2. The molecule has 0 spiro atoms. The molecule has 3 aromatic carbocycles. The first-order chi connectivity index (χ1) is 31.3. The number of benzene rings is 3. The summed E-state index contributed by atoms with van der Waals surface area (Å²) < 4.78 is 26.3. The van der Waals surface area contributed by atoms with Crippen LogP contribution in [0.1, 0.15) is 96.4 Å². The molecule has 13 rings (SSSR count). The number of aromatic nitrogens is 2. The van der Waals surface area contributed by atoms with Crippen molar-refractivity contribution >= 4 is 33.4 Å². The second-order valence-corrected chi connectivity index (χ2v) is 19.0. The van der Waals surface area contributed by atoms with E-state index in [1.807, 2.05) is 85.2 Å². The summed E-state index contributed by atoms with van der Waals surface area (Å²) in [6, 6.07) is 19.9. The number of nitrogens with zero attached hydrogens (tertiary/aromatic N) is 4. The van der Waals surface area contributed by atoms with Crippen LogP contribution in [0.2, 0.25) is 0 Å². The van der Waals surface area contributed by atoms with Gasteiger partial charge in [0.15, 0.2) is 11.6 Å². The van der Waals surface area contributed by atoms with Gasteiger partial charge in [-0.15, -0.1) is 0 Å². The lowest BCUT2D eigenvalue weighted by Gasteiger charge is -2.52. The van der Waals surface area contributed by atoms with Crippen molar-refractivity contribution in [3.05, 3.63) is 120 Å². The second-order valence-electron chi connectivity index (χ2n) is 19.0. The smallest absolute Gasteiger partial charge is 0.175 e. The van der Waals surface area contributed by atoms with Crippen LogP contribution in [0.5, 0.6) is 23.0 Å². The van der Waals surface area contributed by atoms with Crippen LogP contribution < -0.4 is 18.9 Å². The van der Waals surface area contributed by atoms with Crippen LogP contribution in [-0.2, 0) is 0 Å². The number of hydrogen-bond acceptors (Lipinski definition) is 10. The molecule has 6 fully saturated rings. The Balaban J connectivity index is 1.07. The minimum absolute atomic E-state index is 0.0497. The standard InChI is InChI=1S/C54H58N4O6/c1-5-31-29-57-23-19-33(31)25-45(57)53(39-17-21-55-43-13-11-35(61-3)27-41(39)43)63-47-15-16-48(50-49(47)51(59)37-9-7-8-10-38(37)52(50)60)64-54(46-26-34-20-24-58(46)30-32(34)6-2)40-18-22-56-44-14-12-36(62-4)28-42(40)44/h7-18,21-22,27-28,31-34,37-38,45-46,53-54H,5-6,19-20,23-26,29-30H2,1-4H3/t31?,32?,33?,34?,37?,38?,45-,46-,53+,54+/m0/s1. The molecule has 8 aliphatic rings. The van der Waals surface area contributed by atoms with E-state index in [-0.39, 0.29) is 23.7 Å². The van der Waals surface area contributed by atoms with Crippen LogP contribution in [0.4, 0.5) is 0 Å². The Bertz CT molecular complexity index is 2510. The molecule has 8 unspecified atom stereocenters. The molecule has 2 aliphatic carbocycles. The minimum Gasteiger partial charge on any atom is -0.497 e. The molecule has 12 atom stereocenters. The largest absolute Gasteiger partial charge is 0.497 e. The van der Waals surface area contributed by atoms with Crippen LogP contribution in [0.25, 0.3) is 21.8 Å². The number of ketones is 2. The highest BCUT2D eigenvalue weighted by atomic mass is 16.5. The summed E-state index contributed by atoms with van der Waals surface area (Å²) >= 11 is 0. The lowest BCUT2D eigenvalue weighted by molar-refractivity contribution is -0.0494. The van der Waals surface area contributed by atoms with Crippen LogP contribution in [-0.4, -0.2) is 83.8 Å². The summed E-state index contributed by atoms with van der Waals surface area (Å²) in [4.78, 5) is 45.1. The van der Waals surface area contributed by atoms with Crippen molar-refractivity contribution in [1.29, 1.82) is 0 Å². The SMILES string of the molecule is CCC1CN2CCC1C[C@H]2[C@H](Oc1ccc(O[C@H](c2ccnc3ccc(OC)cc23)[C@@H]2CC3CCN2CC3CC)c2c1C(=O)C1C=CC=CC1C2=O)c1ccnc2ccc(OC)cc12. The molecule has 0 radical (unpaired) electrons. The van der Waals surface area contributed by atoms with Gasteiger partial charge in [0.1, 0.15) is 35.2 Å². The van der Waals surface area contributed by atoms with Crippen molar-refractivity contribution in [2.24, 2.45) is 35.5 Å². The van der Waals surface area contributed by atoms with E-state index in [9.17, 15) is 0 Å². The molecule has 5 aromatic rings. The van der Waals surface area contributed by atoms with Gasteiger partial charge in [-0.1, -0.05) is 51.0 Å². The molecule has 2 aromatic heterocycles. The molecule has 4 bridgehead atoms. The summed E-state index contributed by atoms with van der Waals surface area (Å²) in [5.74, 6) is 3.23. The molecule has 6 saturated heterocycles. The molecule has 10 nitrogen and oxygen atoms in total. The van der Waals surface area contributed by atoms with E-state index >= 15 is 9.59 Å². The molecular formula is C54H58N4O6. The van der Waals surface area contributed by atoms with Crippen molar-refractivity contribution in [3.63, 3.8) is 0 Å². The highest BCUT2D eigenvalue weighted by Crippen LogP contribution is 2.50. The molecule has 0 amide bonds. The number of Topliss-reactive ketones (excluding diaryl/α,β-unsaturated/α-hetero) is 2. The average Bonchev–Trinajstić information content (AvgIpc) is 3.36. The summed E-state index contributed by atoms with van der Waals surface area (Å²) in [6.07, 6.45) is 16.9. The predicted molar refractivity (Wildman–Crippen MR) is 247 cm³/mol. The number of carbonyl (C=O) groups excluding carboxylic acids is 2. The van der Waals surface area contributed by atoms with Gasteiger partial charge in [-0.05, 0) is 123 Å². The fourth-order valence-corrected chi connectivity index (χ4v) is 12.6. The minimum atomic E-state index is -0.634. The van der Waals surface area contributed by atoms with E-state index in [0.717, 1.165) is 96.3 Å². The van der Waals surface area contributed by atoms with Crippen molar-refractivity contribution in [3.8, 4) is 23.0 Å². The third-order valence-corrected chi connectivity index (χ3v) is 16.1. The molecule has 330 valence electrons. The maximum atomic E-state index is 15.2. The van der Waals surface area contributed by atoms with Gasteiger partial charge in [-0.2, -0.15) is 0 Å². The lowest BCUT2D eigenvalue weighted by Crippen LogP contribution is -2.56. The molecule has 0 saturated carbocycles. The van der Waals surface area contributed by atoms with Gasteiger partial charge in [0, 0.05) is 47.4 Å². The average molecular weight is 859 g/mol. The molecule has 10 heteroatoms. The van der Waals surface area contributed by atoms with Crippen LogP contribution in [0, 0.1) is 35.5 Å². The first-order valence-corrected chi connectivity index (χ1v) is 23.6. The molecular weight excluding hydrogens is 801 g/mol. The Hall–Kier alpha value is -5.58. The van der Waals surface area contributed by atoms with Crippen LogP contribution >= 0.6 is 0 Å². The van der Waals surface area contributed by atoms with Gasteiger partial charge in [0.05, 0.1) is 60.3 Å². The number of fused-ring (bicyclic) bond motifs is 10. The fraction of sp³-hybridized carbons (Fsp3) is 0.444. The Kier molecular flexibility index (Phi) is 10.8. The van der Waals surface area contributed by atoms with Crippen LogP contribution in [0.3, 0.4) is 0 Å². The zero-order valence-electron chi connectivity index (χ0n) is 37.3. The van der Waals surface area contributed by atoms with E-state index in [4.69, 9.17) is 28.9 Å². The Morgan fingerprint density at radius 2 is 1.08 bits per heavy atom. The Labute approximate surface area is 375 Å².